The van der Waals surface area contributed by atoms with Gasteiger partial charge in [0.2, 0.25) is 0 Å². The van der Waals surface area contributed by atoms with Crippen molar-refractivity contribution in [1.29, 1.82) is 0 Å². The molecule has 2 aromatic rings. The molecule has 1 aromatic carbocycles. The van der Waals surface area contributed by atoms with Crippen molar-refractivity contribution < 1.29 is 13.6 Å². The van der Waals surface area contributed by atoms with Gasteiger partial charge in [0.25, 0.3) is 5.91 Å². The minimum atomic E-state index is -0.159. The van der Waals surface area contributed by atoms with Crippen LogP contribution in [0.4, 0.5) is 10.1 Å². The van der Waals surface area contributed by atoms with E-state index in [4.69, 9.17) is 4.42 Å². The highest BCUT2D eigenvalue weighted by Crippen LogP contribution is 2.20. The molecule has 6 heteroatoms. The number of nitrogens with zero attached hydrogens (tertiary/aromatic N) is 2. The van der Waals surface area contributed by atoms with Crippen LogP contribution < -0.4 is 10.2 Å². The van der Waals surface area contributed by atoms with Crippen molar-refractivity contribution in [2.24, 2.45) is 0 Å². The third kappa shape index (κ3) is 4.14. The van der Waals surface area contributed by atoms with Gasteiger partial charge in [0.05, 0.1) is 17.5 Å². The number of furan rings is 1. The molecule has 0 aliphatic carbocycles. The number of carbonyl (C=O) groups excluding carboxylic acids is 1. The van der Waals surface area contributed by atoms with Gasteiger partial charge in [-0.05, 0) is 31.2 Å². The number of carbonyl (C=O) groups is 1. The standard InChI is InChI=1S/C18H22FN3O2/c19-16-4-1-2-5-17(16)22-11-9-21(10-12-22)8-3-7-20-18(23)15-6-13-24-14-15/h1-2,4-6,13-14H,3,7-12H2,(H,20,23). The summed E-state index contributed by atoms with van der Waals surface area (Å²) in [4.78, 5) is 16.2. The predicted molar refractivity (Wildman–Crippen MR) is 90.7 cm³/mol. The molecule has 0 saturated carbocycles. The molecule has 0 radical (unpaired) electrons. The molecule has 1 aliphatic heterocycles. The van der Waals surface area contributed by atoms with E-state index in [0.29, 0.717) is 17.8 Å². The van der Waals surface area contributed by atoms with E-state index in [9.17, 15) is 9.18 Å². The van der Waals surface area contributed by atoms with Crippen molar-refractivity contribution in [3.05, 3.63) is 54.2 Å². The monoisotopic (exact) mass is 331 g/mol. The molecule has 2 heterocycles. The second-order valence-electron chi connectivity index (χ2n) is 5.90. The largest absolute Gasteiger partial charge is 0.472 e. The van der Waals surface area contributed by atoms with Crippen molar-refractivity contribution >= 4 is 11.6 Å². The highest BCUT2D eigenvalue weighted by Gasteiger charge is 2.18. The van der Waals surface area contributed by atoms with Crippen LogP contribution in [0.1, 0.15) is 16.8 Å². The van der Waals surface area contributed by atoms with Crippen molar-refractivity contribution in [2.75, 3.05) is 44.2 Å². The Morgan fingerprint density at radius 2 is 1.96 bits per heavy atom. The molecule has 0 unspecified atom stereocenters. The summed E-state index contributed by atoms with van der Waals surface area (Å²) in [6, 6.07) is 8.57. The molecular weight excluding hydrogens is 309 g/mol. The lowest BCUT2D eigenvalue weighted by Crippen LogP contribution is -2.47. The number of halogens is 1. The first-order valence-electron chi connectivity index (χ1n) is 8.26. The number of hydrogen-bond donors (Lipinski definition) is 1. The van der Waals surface area contributed by atoms with E-state index >= 15 is 0 Å². The maximum Gasteiger partial charge on any atom is 0.254 e. The smallest absolute Gasteiger partial charge is 0.254 e. The summed E-state index contributed by atoms with van der Waals surface area (Å²) in [6.07, 6.45) is 3.82. The molecule has 0 spiro atoms. The van der Waals surface area contributed by atoms with E-state index in [-0.39, 0.29) is 11.7 Å². The summed E-state index contributed by atoms with van der Waals surface area (Å²) in [5.74, 6) is -0.263. The van der Waals surface area contributed by atoms with Gasteiger partial charge >= 0.3 is 0 Å². The number of anilines is 1. The van der Waals surface area contributed by atoms with Crippen LogP contribution in [0.2, 0.25) is 0 Å². The van der Waals surface area contributed by atoms with Crippen LogP contribution in [0.15, 0.2) is 47.3 Å². The number of nitrogens with one attached hydrogen (secondary N) is 1. The lowest BCUT2D eigenvalue weighted by atomic mass is 10.2. The van der Waals surface area contributed by atoms with Gasteiger partial charge in [-0.3, -0.25) is 9.69 Å². The van der Waals surface area contributed by atoms with Crippen LogP contribution in [-0.4, -0.2) is 50.1 Å². The predicted octanol–water partition coefficient (Wildman–Crippen LogP) is 2.36. The van der Waals surface area contributed by atoms with Crippen molar-refractivity contribution in [3.63, 3.8) is 0 Å². The Balaban J connectivity index is 1.35. The van der Waals surface area contributed by atoms with Gasteiger partial charge in [-0.2, -0.15) is 0 Å². The summed E-state index contributed by atoms with van der Waals surface area (Å²) in [5, 5.41) is 2.88. The maximum absolute atomic E-state index is 13.8. The Hall–Kier alpha value is -2.34. The molecule has 0 bridgehead atoms. The van der Waals surface area contributed by atoms with Gasteiger partial charge in [0, 0.05) is 32.7 Å². The quantitative estimate of drug-likeness (QED) is 0.826. The summed E-state index contributed by atoms with van der Waals surface area (Å²) in [7, 11) is 0. The first kappa shape index (κ1) is 16.5. The number of amides is 1. The third-order valence-electron chi connectivity index (χ3n) is 4.29. The van der Waals surface area contributed by atoms with E-state index in [2.05, 4.69) is 15.1 Å². The molecule has 1 amide bonds. The normalized spacial score (nSPS) is 15.5. The molecule has 1 N–H and O–H groups in total. The van der Waals surface area contributed by atoms with Gasteiger partial charge < -0.3 is 14.6 Å². The fourth-order valence-corrected chi connectivity index (χ4v) is 2.92. The SMILES string of the molecule is O=C(NCCCN1CCN(c2ccccc2F)CC1)c1ccoc1. The molecule has 128 valence electrons. The first-order chi connectivity index (χ1) is 11.7. The third-order valence-corrected chi connectivity index (χ3v) is 4.29. The molecule has 1 saturated heterocycles. The number of piperazine rings is 1. The second kappa shape index (κ2) is 7.97. The maximum atomic E-state index is 13.8. The van der Waals surface area contributed by atoms with E-state index in [1.54, 1.807) is 12.1 Å². The van der Waals surface area contributed by atoms with Gasteiger partial charge in [0.1, 0.15) is 12.1 Å². The van der Waals surface area contributed by atoms with Gasteiger partial charge in [-0.15, -0.1) is 0 Å². The lowest BCUT2D eigenvalue weighted by Gasteiger charge is -2.36. The topological polar surface area (TPSA) is 48.7 Å². The highest BCUT2D eigenvalue weighted by molar-refractivity contribution is 5.93. The van der Waals surface area contributed by atoms with Crippen molar-refractivity contribution in [3.8, 4) is 0 Å². The van der Waals surface area contributed by atoms with Crippen LogP contribution in [0, 0.1) is 5.82 Å². The van der Waals surface area contributed by atoms with E-state index < -0.39 is 0 Å². The first-order valence-corrected chi connectivity index (χ1v) is 8.26. The van der Waals surface area contributed by atoms with E-state index in [1.807, 2.05) is 12.1 Å². The molecule has 1 fully saturated rings. The van der Waals surface area contributed by atoms with Crippen LogP contribution in [-0.2, 0) is 0 Å². The Kier molecular flexibility index (Phi) is 5.48. The zero-order valence-corrected chi connectivity index (χ0v) is 13.6. The fraction of sp³-hybridized carbons (Fsp3) is 0.389. The molecule has 0 atom stereocenters. The Labute approximate surface area is 141 Å². The summed E-state index contributed by atoms with van der Waals surface area (Å²) >= 11 is 0. The minimum Gasteiger partial charge on any atom is -0.472 e. The number of hydrogen-bond acceptors (Lipinski definition) is 4. The highest BCUT2D eigenvalue weighted by atomic mass is 19.1. The second-order valence-corrected chi connectivity index (χ2v) is 5.90. The molecule has 1 aromatic heterocycles. The fourth-order valence-electron chi connectivity index (χ4n) is 2.92. The van der Waals surface area contributed by atoms with Crippen LogP contribution in [0.3, 0.4) is 0 Å². The zero-order chi connectivity index (χ0) is 16.8. The Bertz CT molecular complexity index is 652. The molecular formula is C18H22FN3O2. The minimum absolute atomic E-state index is 0.104. The van der Waals surface area contributed by atoms with Crippen molar-refractivity contribution in [2.45, 2.75) is 6.42 Å². The number of benzene rings is 1. The molecule has 24 heavy (non-hydrogen) atoms. The van der Waals surface area contributed by atoms with Gasteiger partial charge in [0.15, 0.2) is 0 Å². The lowest BCUT2D eigenvalue weighted by molar-refractivity contribution is 0.0951. The zero-order valence-electron chi connectivity index (χ0n) is 13.6. The Morgan fingerprint density at radius 3 is 2.67 bits per heavy atom. The summed E-state index contributed by atoms with van der Waals surface area (Å²) in [5.41, 5.74) is 1.23. The average Bonchev–Trinajstić information content (AvgIpc) is 3.14. The van der Waals surface area contributed by atoms with E-state index in [1.165, 1.54) is 18.6 Å². The summed E-state index contributed by atoms with van der Waals surface area (Å²) in [6.45, 7) is 5.02. The average molecular weight is 331 g/mol. The molecule has 5 nitrogen and oxygen atoms in total. The van der Waals surface area contributed by atoms with Gasteiger partial charge in [-0.1, -0.05) is 12.1 Å². The van der Waals surface area contributed by atoms with Crippen LogP contribution >= 0.6 is 0 Å². The van der Waals surface area contributed by atoms with E-state index in [0.717, 1.165) is 39.1 Å². The summed E-state index contributed by atoms with van der Waals surface area (Å²) < 4.78 is 18.7. The van der Waals surface area contributed by atoms with Crippen LogP contribution in [0.25, 0.3) is 0 Å². The Morgan fingerprint density at radius 1 is 1.17 bits per heavy atom. The van der Waals surface area contributed by atoms with Gasteiger partial charge in [-0.25, -0.2) is 4.39 Å². The van der Waals surface area contributed by atoms with Crippen LogP contribution in [0.5, 0.6) is 0 Å². The molecule has 3 rings (SSSR count). The number of para-hydroxylation sites is 1. The molecule has 1 aliphatic rings. The number of rotatable bonds is 6. The van der Waals surface area contributed by atoms with Crippen molar-refractivity contribution in [1.82, 2.24) is 10.2 Å².